The first kappa shape index (κ1) is 14.6. The summed E-state index contributed by atoms with van der Waals surface area (Å²) in [6.45, 7) is 2.45. The molecule has 2 aliphatic heterocycles. The van der Waals surface area contributed by atoms with Gasteiger partial charge in [0.05, 0.1) is 12.1 Å². The van der Waals surface area contributed by atoms with Gasteiger partial charge in [-0.3, -0.25) is 4.79 Å². The Kier molecular flexibility index (Phi) is 3.79. The molecular weight excluding hydrogens is 261 g/mol. The van der Waals surface area contributed by atoms with Crippen LogP contribution in [0.15, 0.2) is 0 Å². The number of halogens is 3. The molecule has 0 aliphatic carbocycles. The van der Waals surface area contributed by atoms with Crippen LogP contribution in [0.2, 0.25) is 0 Å². The molecule has 110 valence electrons. The van der Waals surface area contributed by atoms with E-state index in [0.717, 1.165) is 6.42 Å². The molecule has 2 aliphatic rings. The molecule has 2 saturated heterocycles. The van der Waals surface area contributed by atoms with Gasteiger partial charge < -0.3 is 15.4 Å². The van der Waals surface area contributed by atoms with Crippen LogP contribution in [0.25, 0.3) is 0 Å². The number of carbonyl (C=O) groups is 1. The fourth-order valence-electron chi connectivity index (χ4n) is 2.68. The summed E-state index contributed by atoms with van der Waals surface area (Å²) < 4.78 is 44.9. The predicted octanol–water partition coefficient (Wildman–Crippen LogP) is 1.21. The zero-order valence-corrected chi connectivity index (χ0v) is 10.9. The molecule has 2 rings (SSSR count). The van der Waals surface area contributed by atoms with Crippen molar-refractivity contribution in [3.8, 4) is 0 Å². The Bertz CT molecular complexity index is 345. The summed E-state index contributed by atoms with van der Waals surface area (Å²) in [5.41, 5.74) is -3.00. The number of alkyl halides is 3. The van der Waals surface area contributed by atoms with Crippen LogP contribution in [0, 0.1) is 5.41 Å². The largest absolute Gasteiger partial charge is 0.404 e. The summed E-state index contributed by atoms with van der Waals surface area (Å²) >= 11 is 0. The minimum atomic E-state index is -4.54. The second-order valence-electron chi connectivity index (χ2n) is 5.68. The van der Waals surface area contributed by atoms with Gasteiger partial charge >= 0.3 is 6.18 Å². The Morgan fingerprint density at radius 3 is 2.58 bits per heavy atom. The fraction of sp³-hybridized carbons (Fsp3) is 0.917. The van der Waals surface area contributed by atoms with E-state index in [4.69, 9.17) is 4.74 Å². The molecular formula is C12H19F3N2O2. The summed E-state index contributed by atoms with van der Waals surface area (Å²) in [5, 5.41) is 5.20. The lowest BCUT2D eigenvalue weighted by atomic mass is 9.83. The Hall–Kier alpha value is -0.820. The van der Waals surface area contributed by atoms with Crippen molar-refractivity contribution >= 4 is 5.91 Å². The number of nitrogens with one attached hydrogen (secondary N) is 2. The average Bonchev–Trinajstić information content (AvgIpc) is 2.78. The van der Waals surface area contributed by atoms with Crippen molar-refractivity contribution in [1.29, 1.82) is 0 Å². The lowest BCUT2D eigenvalue weighted by molar-refractivity contribution is -0.217. The maximum absolute atomic E-state index is 13.2. The second-order valence-corrected chi connectivity index (χ2v) is 5.68. The van der Waals surface area contributed by atoms with Crippen LogP contribution in [-0.2, 0) is 9.53 Å². The number of hydrogen-bond donors (Lipinski definition) is 2. The average molecular weight is 280 g/mol. The lowest BCUT2D eigenvalue weighted by Crippen LogP contribution is -2.60. The van der Waals surface area contributed by atoms with Gasteiger partial charge in [-0.15, -0.1) is 0 Å². The molecule has 0 radical (unpaired) electrons. The first-order valence-electron chi connectivity index (χ1n) is 6.47. The topological polar surface area (TPSA) is 50.4 Å². The van der Waals surface area contributed by atoms with E-state index in [1.807, 2.05) is 0 Å². The van der Waals surface area contributed by atoms with Crippen molar-refractivity contribution in [2.75, 3.05) is 26.3 Å². The molecule has 0 saturated carbocycles. The van der Waals surface area contributed by atoms with Gasteiger partial charge in [0.1, 0.15) is 0 Å². The highest BCUT2D eigenvalue weighted by Gasteiger charge is 2.62. The van der Waals surface area contributed by atoms with Crippen LogP contribution in [0.5, 0.6) is 0 Å². The lowest BCUT2D eigenvalue weighted by Gasteiger charge is -2.38. The maximum Gasteiger partial charge on any atom is 0.404 e. The third-order valence-electron chi connectivity index (χ3n) is 3.99. The van der Waals surface area contributed by atoms with Gasteiger partial charge in [-0.1, -0.05) is 0 Å². The quantitative estimate of drug-likeness (QED) is 0.799. The van der Waals surface area contributed by atoms with Gasteiger partial charge in [0.25, 0.3) is 0 Å². The highest BCUT2D eigenvalue weighted by Crippen LogP contribution is 2.43. The Morgan fingerprint density at radius 2 is 2.11 bits per heavy atom. The second kappa shape index (κ2) is 4.94. The number of ether oxygens (including phenoxy) is 1. The highest BCUT2D eigenvalue weighted by atomic mass is 19.4. The van der Waals surface area contributed by atoms with E-state index in [1.54, 1.807) is 6.92 Å². The molecule has 2 unspecified atom stereocenters. The predicted molar refractivity (Wildman–Crippen MR) is 62.6 cm³/mol. The van der Waals surface area contributed by atoms with Crippen molar-refractivity contribution in [1.82, 2.24) is 10.6 Å². The SMILES string of the molecule is CC1(NC(=O)C2(C(F)(F)F)CCNC2)CCCOC1. The van der Waals surface area contributed by atoms with Gasteiger partial charge in [-0.25, -0.2) is 0 Å². The van der Waals surface area contributed by atoms with Crippen LogP contribution >= 0.6 is 0 Å². The molecule has 1 amide bonds. The van der Waals surface area contributed by atoms with Gasteiger partial charge in [-0.05, 0) is 32.7 Å². The van der Waals surface area contributed by atoms with E-state index in [9.17, 15) is 18.0 Å². The number of rotatable bonds is 2. The van der Waals surface area contributed by atoms with E-state index < -0.39 is 23.0 Å². The molecule has 0 bridgehead atoms. The third-order valence-corrected chi connectivity index (χ3v) is 3.99. The van der Waals surface area contributed by atoms with Gasteiger partial charge in [-0.2, -0.15) is 13.2 Å². The molecule has 2 atom stereocenters. The van der Waals surface area contributed by atoms with E-state index in [2.05, 4.69) is 10.6 Å². The normalized spacial score (nSPS) is 36.2. The smallest absolute Gasteiger partial charge is 0.379 e. The van der Waals surface area contributed by atoms with Crippen molar-refractivity contribution in [2.24, 2.45) is 5.41 Å². The van der Waals surface area contributed by atoms with Crippen LogP contribution in [0.3, 0.4) is 0 Å². The fourth-order valence-corrected chi connectivity index (χ4v) is 2.68. The minimum absolute atomic E-state index is 0.208. The van der Waals surface area contributed by atoms with Crippen LogP contribution in [0.4, 0.5) is 13.2 Å². The zero-order chi connectivity index (χ0) is 14.1. The number of carbonyl (C=O) groups excluding carboxylic acids is 1. The van der Waals surface area contributed by atoms with E-state index in [-0.39, 0.29) is 26.1 Å². The molecule has 0 aromatic carbocycles. The van der Waals surface area contributed by atoms with E-state index >= 15 is 0 Å². The van der Waals surface area contributed by atoms with E-state index in [0.29, 0.717) is 13.0 Å². The van der Waals surface area contributed by atoms with Crippen LogP contribution in [0.1, 0.15) is 26.2 Å². The highest BCUT2D eigenvalue weighted by molar-refractivity contribution is 5.85. The van der Waals surface area contributed by atoms with Crippen molar-refractivity contribution < 1.29 is 22.7 Å². The molecule has 4 nitrogen and oxygen atoms in total. The van der Waals surface area contributed by atoms with Gasteiger partial charge in [0, 0.05) is 13.2 Å². The van der Waals surface area contributed by atoms with Crippen molar-refractivity contribution in [3.63, 3.8) is 0 Å². The standard InChI is InChI=1S/C12H19F3N2O2/c1-10(3-2-6-19-8-10)17-9(18)11(12(13,14)15)4-5-16-7-11/h16H,2-8H2,1H3,(H,17,18). The summed E-state index contributed by atoms with van der Waals surface area (Å²) in [6.07, 6.45) is -3.36. The van der Waals surface area contributed by atoms with E-state index in [1.165, 1.54) is 0 Å². The summed E-state index contributed by atoms with van der Waals surface area (Å²) in [5.74, 6) is -0.932. The third kappa shape index (κ3) is 2.72. The van der Waals surface area contributed by atoms with Crippen molar-refractivity contribution in [2.45, 2.75) is 37.9 Å². The Labute approximate surface area is 110 Å². The summed E-state index contributed by atoms with van der Waals surface area (Å²) in [4.78, 5) is 12.2. The molecule has 19 heavy (non-hydrogen) atoms. The molecule has 0 aromatic rings. The molecule has 2 heterocycles. The van der Waals surface area contributed by atoms with Gasteiger partial charge in [0.15, 0.2) is 5.41 Å². The van der Waals surface area contributed by atoms with Crippen molar-refractivity contribution in [3.05, 3.63) is 0 Å². The first-order chi connectivity index (χ1) is 8.79. The van der Waals surface area contributed by atoms with Gasteiger partial charge in [0.2, 0.25) is 5.91 Å². The first-order valence-corrected chi connectivity index (χ1v) is 6.47. The summed E-state index contributed by atoms with van der Waals surface area (Å²) in [7, 11) is 0. The molecule has 0 aromatic heterocycles. The minimum Gasteiger partial charge on any atom is -0.379 e. The Morgan fingerprint density at radius 1 is 1.37 bits per heavy atom. The maximum atomic E-state index is 13.2. The molecule has 7 heteroatoms. The summed E-state index contributed by atoms with van der Waals surface area (Å²) in [6, 6.07) is 0. The molecule has 2 fully saturated rings. The zero-order valence-electron chi connectivity index (χ0n) is 10.9. The Balaban J connectivity index is 2.12. The monoisotopic (exact) mass is 280 g/mol. The molecule has 2 N–H and O–H groups in total. The molecule has 0 spiro atoms. The number of amides is 1. The van der Waals surface area contributed by atoms with Crippen LogP contribution < -0.4 is 10.6 Å². The number of hydrogen-bond acceptors (Lipinski definition) is 3. The van der Waals surface area contributed by atoms with Crippen LogP contribution in [-0.4, -0.2) is 43.9 Å².